The van der Waals surface area contributed by atoms with Crippen LogP contribution in [0.1, 0.15) is 25.1 Å². The summed E-state index contributed by atoms with van der Waals surface area (Å²) in [6, 6.07) is 0.676. The Bertz CT molecular complexity index is 260. The van der Waals surface area contributed by atoms with Crippen LogP contribution in [0.4, 0.5) is 0 Å². The van der Waals surface area contributed by atoms with Crippen molar-refractivity contribution < 1.29 is 0 Å². The maximum absolute atomic E-state index is 4.20. The van der Waals surface area contributed by atoms with E-state index in [2.05, 4.69) is 21.5 Å². The molecular formula is C10H17N3S. The second-order valence-corrected chi connectivity index (χ2v) is 4.81. The molecule has 1 aliphatic rings. The molecule has 14 heavy (non-hydrogen) atoms. The predicted octanol–water partition coefficient (Wildman–Crippen LogP) is 1.78. The van der Waals surface area contributed by atoms with Crippen molar-refractivity contribution in [2.75, 3.05) is 6.26 Å². The summed E-state index contributed by atoms with van der Waals surface area (Å²) < 4.78 is 0. The number of aromatic nitrogens is 2. The molecule has 1 heterocycles. The highest BCUT2D eigenvalue weighted by molar-refractivity contribution is 7.99. The summed E-state index contributed by atoms with van der Waals surface area (Å²) in [6.07, 6.45) is 9.91. The van der Waals surface area contributed by atoms with E-state index in [1.54, 1.807) is 6.20 Å². The van der Waals surface area contributed by atoms with E-state index < -0.39 is 0 Å². The molecule has 1 saturated carbocycles. The molecular weight excluding hydrogens is 194 g/mol. The number of aromatic amines is 1. The van der Waals surface area contributed by atoms with Crippen LogP contribution in [-0.2, 0) is 6.54 Å². The van der Waals surface area contributed by atoms with Crippen LogP contribution in [-0.4, -0.2) is 27.5 Å². The van der Waals surface area contributed by atoms with Crippen molar-refractivity contribution in [3.05, 3.63) is 18.2 Å². The van der Waals surface area contributed by atoms with Gasteiger partial charge in [0.2, 0.25) is 0 Å². The zero-order valence-corrected chi connectivity index (χ0v) is 9.31. The van der Waals surface area contributed by atoms with Crippen molar-refractivity contribution in [2.24, 2.45) is 0 Å². The predicted molar refractivity (Wildman–Crippen MR) is 60.4 cm³/mol. The van der Waals surface area contributed by atoms with Gasteiger partial charge in [0.25, 0.3) is 0 Å². The molecule has 0 bridgehead atoms. The Kier molecular flexibility index (Phi) is 3.48. The topological polar surface area (TPSA) is 40.7 Å². The SMILES string of the molecule is CSC1CCCC1NCc1ncc[nH]1. The summed E-state index contributed by atoms with van der Waals surface area (Å²) in [5.74, 6) is 1.04. The molecule has 2 atom stereocenters. The molecule has 78 valence electrons. The maximum Gasteiger partial charge on any atom is 0.120 e. The average molecular weight is 211 g/mol. The minimum Gasteiger partial charge on any atom is -0.348 e. The lowest BCUT2D eigenvalue weighted by Gasteiger charge is -2.18. The highest BCUT2D eigenvalue weighted by Gasteiger charge is 2.25. The van der Waals surface area contributed by atoms with Gasteiger partial charge in [-0.15, -0.1) is 0 Å². The van der Waals surface area contributed by atoms with E-state index >= 15 is 0 Å². The molecule has 1 fully saturated rings. The molecule has 2 rings (SSSR count). The number of rotatable bonds is 4. The average Bonchev–Trinajstić information content (AvgIpc) is 2.85. The van der Waals surface area contributed by atoms with E-state index in [1.807, 2.05) is 18.0 Å². The lowest BCUT2D eigenvalue weighted by molar-refractivity contribution is 0.523. The Morgan fingerprint density at radius 2 is 2.57 bits per heavy atom. The van der Waals surface area contributed by atoms with E-state index in [1.165, 1.54) is 19.3 Å². The molecule has 4 heteroatoms. The van der Waals surface area contributed by atoms with Gasteiger partial charge in [0.15, 0.2) is 0 Å². The van der Waals surface area contributed by atoms with Crippen LogP contribution in [0.15, 0.2) is 12.4 Å². The van der Waals surface area contributed by atoms with Crippen LogP contribution in [0, 0.1) is 0 Å². The quantitative estimate of drug-likeness (QED) is 0.797. The first-order valence-electron chi connectivity index (χ1n) is 5.14. The zero-order valence-electron chi connectivity index (χ0n) is 8.49. The van der Waals surface area contributed by atoms with Crippen LogP contribution < -0.4 is 5.32 Å². The standard InChI is InChI=1S/C10H17N3S/c1-14-9-4-2-3-8(9)13-7-10-11-5-6-12-10/h5-6,8-9,13H,2-4,7H2,1H3,(H,11,12). The van der Waals surface area contributed by atoms with Gasteiger partial charge in [-0.05, 0) is 19.1 Å². The van der Waals surface area contributed by atoms with E-state index in [0.717, 1.165) is 17.6 Å². The van der Waals surface area contributed by atoms with Gasteiger partial charge in [-0.3, -0.25) is 0 Å². The van der Waals surface area contributed by atoms with Gasteiger partial charge in [0.1, 0.15) is 5.82 Å². The lowest BCUT2D eigenvalue weighted by Crippen LogP contribution is -2.33. The van der Waals surface area contributed by atoms with Gasteiger partial charge in [-0.2, -0.15) is 11.8 Å². The van der Waals surface area contributed by atoms with Crippen LogP contribution in [0.25, 0.3) is 0 Å². The van der Waals surface area contributed by atoms with Crippen LogP contribution >= 0.6 is 11.8 Å². The molecule has 0 aliphatic heterocycles. The second kappa shape index (κ2) is 4.84. The highest BCUT2D eigenvalue weighted by Crippen LogP contribution is 2.28. The fraction of sp³-hybridized carbons (Fsp3) is 0.700. The first kappa shape index (κ1) is 10.1. The van der Waals surface area contributed by atoms with E-state index in [0.29, 0.717) is 6.04 Å². The monoisotopic (exact) mass is 211 g/mol. The third-order valence-corrected chi connectivity index (χ3v) is 4.01. The Labute approximate surface area is 89.1 Å². The van der Waals surface area contributed by atoms with Gasteiger partial charge >= 0.3 is 0 Å². The Hall–Kier alpha value is -0.480. The van der Waals surface area contributed by atoms with Crippen LogP contribution in [0.5, 0.6) is 0 Å². The van der Waals surface area contributed by atoms with Crippen LogP contribution in [0.2, 0.25) is 0 Å². The Morgan fingerprint density at radius 1 is 1.64 bits per heavy atom. The zero-order chi connectivity index (χ0) is 9.80. The first-order chi connectivity index (χ1) is 6.90. The molecule has 2 unspecified atom stereocenters. The van der Waals surface area contributed by atoms with Gasteiger partial charge in [0, 0.05) is 23.7 Å². The van der Waals surface area contributed by atoms with E-state index in [-0.39, 0.29) is 0 Å². The van der Waals surface area contributed by atoms with Crippen LogP contribution in [0.3, 0.4) is 0 Å². The number of imidazole rings is 1. The van der Waals surface area contributed by atoms with Gasteiger partial charge in [-0.25, -0.2) is 4.98 Å². The third kappa shape index (κ3) is 2.30. The number of H-pyrrole nitrogens is 1. The lowest BCUT2D eigenvalue weighted by atomic mass is 10.2. The molecule has 0 amide bonds. The molecule has 0 spiro atoms. The Morgan fingerprint density at radius 3 is 3.29 bits per heavy atom. The van der Waals surface area contributed by atoms with Crippen molar-refractivity contribution in [3.63, 3.8) is 0 Å². The minimum absolute atomic E-state index is 0.676. The van der Waals surface area contributed by atoms with E-state index in [4.69, 9.17) is 0 Å². The number of nitrogens with zero attached hydrogens (tertiary/aromatic N) is 1. The fourth-order valence-electron chi connectivity index (χ4n) is 2.06. The molecule has 0 saturated heterocycles. The van der Waals surface area contributed by atoms with E-state index in [9.17, 15) is 0 Å². The fourth-order valence-corrected chi connectivity index (χ4v) is 3.03. The molecule has 0 radical (unpaired) electrons. The maximum atomic E-state index is 4.20. The third-order valence-electron chi connectivity index (χ3n) is 2.84. The Balaban J connectivity index is 1.80. The first-order valence-corrected chi connectivity index (χ1v) is 6.43. The molecule has 1 aliphatic carbocycles. The summed E-state index contributed by atoms with van der Waals surface area (Å²) in [5.41, 5.74) is 0. The van der Waals surface area contributed by atoms with Crippen molar-refractivity contribution in [1.29, 1.82) is 0 Å². The number of nitrogens with one attached hydrogen (secondary N) is 2. The smallest absolute Gasteiger partial charge is 0.120 e. The molecule has 1 aromatic rings. The highest BCUT2D eigenvalue weighted by atomic mass is 32.2. The molecule has 3 nitrogen and oxygen atoms in total. The van der Waals surface area contributed by atoms with Crippen molar-refractivity contribution in [2.45, 2.75) is 37.1 Å². The molecule has 1 aromatic heterocycles. The largest absolute Gasteiger partial charge is 0.348 e. The minimum atomic E-state index is 0.676. The number of thioether (sulfide) groups is 1. The van der Waals surface area contributed by atoms with Crippen molar-refractivity contribution in [3.8, 4) is 0 Å². The summed E-state index contributed by atoms with van der Waals surface area (Å²) in [6.45, 7) is 0.870. The summed E-state index contributed by atoms with van der Waals surface area (Å²) in [7, 11) is 0. The van der Waals surface area contributed by atoms with Crippen molar-refractivity contribution in [1.82, 2.24) is 15.3 Å². The van der Waals surface area contributed by atoms with Crippen molar-refractivity contribution >= 4 is 11.8 Å². The number of hydrogen-bond acceptors (Lipinski definition) is 3. The van der Waals surface area contributed by atoms with Gasteiger partial charge in [-0.1, -0.05) is 6.42 Å². The number of hydrogen-bond donors (Lipinski definition) is 2. The molecule has 0 aromatic carbocycles. The summed E-state index contributed by atoms with van der Waals surface area (Å²) in [4.78, 5) is 7.32. The molecule has 2 N–H and O–H groups in total. The van der Waals surface area contributed by atoms with Gasteiger partial charge < -0.3 is 10.3 Å². The van der Waals surface area contributed by atoms with Gasteiger partial charge in [0.05, 0.1) is 6.54 Å². The second-order valence-electron chi connectivity index (χ2n) is 3.73. The normalized spacial score (nSPS) is 26.9. The summed E-state index contributed by atoms with van der Waals surface area (Å²) in [5, 5.41) is 4.37. The summed E-state index contributed by atoms with van der Waals surface area (Å²) >= 11 is 1.98.